The molecule has 74 valence electrons. The summed E-state index contributed by atoms with van der Waals surface area (Å²) in [5.41, 5.74) is 6.46. The minimum absolute atomic E-state index is 0.810. The first-order valence-electron chi connectivity index (χ1n) is 4.70. The molecule has 1 nitrogen and oxygen atoms in total. The summed E-state index contributed by atoms with van der Waals surface area (Å²) < 4.78 is 1.10. The SMILES string of the molecule is CC.Nc1ccc2cc(Br)ccc2c1. The third kappa shape index (κ3) is 2.48. The molecule has 0 aliphatic heterocycles. The fourth-order valence-electron chi connectivity index (χ4n) is 1.24. The Bertz CT molecular complexity index is 382. The summed E-state index contributed by atoms with van der Waals surface area (Å²) in [4.78, 5) is 0. The lowest BCUT2D eigenvalue weighted by atomic mass is 10.1. The van der Waals surface area contributed by atoms with E-state index in [-0.39, 0.29) is 0 Å². The molecule has 0 aliphatic rings. The largest absolute Gasteiger partial charge is 0.399 e. The van der Waals surface area contributed by atoms with Crippen LogP contribution in [0.5, 0.6) is 0 Å². The number of nitrogens with two attached hydrogens (primary N) is 1. The Morgan fingerprint density at radius 3 is 2.21 bits per heavy atom. The van der Waals surface area contributed by atoms with E-state index in [2.05, 4.69) is 28.1 Å². The Morgan fingerprint density at radius 2 is 1.50 bits per heavy atom. The number of anilines is 1. The summed E-state index contributed by atoms with van der Waals surface area (Å²) in [7, 11) is 0. The van der Waals surface area contributed by atoms with Crippen LogP contribution in [0.15, 0.2) is 40.9 Å². The molecular weight excluding hydrogens is 238 g/mol. The summed E-state index contributed by atoms with van der Waals surface area (Å²) >= 11 is 3.42. The van der Waals surface area contributed by atoms with Gasteiger partial charge in [-0.2, -0.15) is 0 Å². The second kappa shape index (κ2) is 5.01. The average molecular weight is 252 g/mol. The van der Waals surface area contributed by atoms with Crippen molar-refractivity contribution in [3.63, 3.8) is 0 Å². The van der Waals surface area contributed by atoms with E-state index < -0.39 is 0 Å². The normalized spacial score (nSPS) is 9.36. The molecule has 0 fully saturated rings. The summed E-state index contributed by atoms with van der Waals surface area (Å²) in [6.07, 6.45) is 0. The number of fused-ring (bicyclic) bond motifs is 1. The van der Waals surface area contributed by atoms with Crippen molar-refractivity contribution in [3.05, 3.63) is 40.9 Å². The van der Waals surface area contributed by atoms with E-state index >= 15 is 0 Å². The van der Waals surface area contributed by atoms with Crippen LogP contribution in [-0.4, -0.2) is 0 Å². The molecule has 2 N–H and O–H groups in total. The zero-order valence-electron chi connectivity index (χ0n) is 8.42. The second-order valence-electron chi connectivity index (χ2n) is 2.75. The third-order valence-electron chi connectivity index (χ3n) is 1.83. The van der Waals surface area contributed by atoms with Crippen LogP contribution in [0.2, 0.25) is 0 Å². The number of benzene rings is 2. The van der Waals surface area contributed by atoms with Gasteiger partial charge in [0.25, 0.3) is 0 Å². The molecule has 0 saturated heterocycles. The zero-order valence-corrected chi connectivity index (χ0v) is 10.0. The van der Waals surface area contributed by atoms with Gasteiger partial charge in [-0.25, -0.2) is 0 Å². The molecule has 0 aliphatic carbocycles. The van der Waals surface area contributed by atoms with E-state index in [1.54, 1.807) is 0 Å². The number of hydrogen-bond acceptors (Lipinski definition) is 1. The molecule has 2 aromatic rings. The van der Waals surface area contributed by atoms with E-state index in [4.69, 9.17) is 5.73 Å². The minimum Gasteiger partial charge on any atom is -0.399 e. The molecule has 0 amide bonds. The van der Waals surface area contributed by atoms with Crippen molar-refractivity contribution < 1.29 is 0 Å². The van der Waals surface area contributed by atoms with Crippen LogP contribution in [0.4, 0.5) is 5.69 Å². The molecule has 2 rings (SSSR count). The Hall–Kier alpha value is -1.02. The smallest absolute Gasteiger partial charge is 0.0320 e. The van der Waals surface area contributed by atoms with E-state index in [1.807, 2.05) is 38.1 Å². The van der Waals surface area contributed by atoms with E-state index in [0.29, 0.717) is 0 Å². The third-order valence-corrected chi connectivity index (χ3v) is 2.32. The predicted octanol–water partition coefficient (Wildman–Crippen LogP) is 4.21. The van der Waals surface area contributed by atoms with Gasteiger partial charge in [0.2, 0.25) is 0 Å². The monoisotopic (exact) mass is 251 g/mol. The standard InChI is InChI=1S/C10H8BrN.C2H6/c11-9-3-1-8-6-10(12)4-2-7(8)5-9;1-2/h1-6H,12H2;1-2H3. The van der Waals surface area contributed by atoms with Crippen LogP contribution in [0.1, 0.15) is 13.8 Å². The van der Waals surface area contributed by atoms with Gasteiger partial charge in [0.05, 0.1) is 0 Å². The highest BCUT2D eigenvalue weighted by Gasteiger charge is 1.93. The lowest BCUT2D eigenvalue weighted by molar-refractivity contribution is 1.50. The van der Waals surface area contributed by atoms with Gasteiger partial charge in [0.15, 0.2) is 0 Å². The van der Waals surface area contributed by atoms with Crippen LogP contribution in [-0.2, 0) is 0 Å². The Labute approximate surface area is 93.1 Å². The Kier molecular flexibility index (Phi) is 3.96. The Balaban J connectivity index is 0.000000461. The number of hydrogen-bond donors (Lipinski definition) is 1. The van der Waals surface area contributed by atoms with Crippen molar-refractivity contribution in [3.8, 4) is 0 Å². The molecule has 0 saturated carbocycles. The van der Waals surface area contributed by atoms with Gasteiger partial charge in [-0.3, -0.25) is 0 Å². The first-order valence-corrected chi connectivity index (χ1v) is 5.50. The molecule has 0 bridgehead atoms. The van der Waals surface area contributed by atoms with E-state index in [1.165, 1.54) is 10.8 Å². The molecule has 0 unspecified atom stereocenters. The van der Waals surface area contributed by atoms with Gasteiger partial charge >= 0.3 is 0 Å². The topological polar surface area (TPSA) is 26.0 Å². The van der Waals surface area contributed by atoms with Crippen molar-refractivity contribution in [1.82, 2.24) is 0 Å². The van der Waals surface area contributed by atoms with Crippen LogP contribution < -0.4 is 5.73 Å². The molecule has 2 aromatic carbocycles. The molecule has 2 heteroatoms. The van der Waals surface area contributed by atoms with Gasteiger partial charge in [-0.15, -0.1) is 0 Å². The summed E-state index contributed by atoms with van der Waals surface area (Å²) in [5, 5.41) is 2.39. The van der Waals surface area contributed by atoms with Crippen LogP contribution >= 0.6 is 15.9 Å². The van der Waals surface area contributed by atoms with Crippen LogP contribution in [0.3, 0.4) is 0 Å². The van der Waals surface area contributed by atoms with Crippen molar-refractivity contribution in [2.24, 2.45) is 0 Å². The molecule has 14 heavy (non-hydrogen) atoms. The molecule has 0 atom stereocenters. The summed E-state index contributed by atoms with van der Waals surface area (Å²) in [6, 6.07) is 12.1. The predicted molar refractivity (Wildman–Crippen MR) is 67.4 cm³/mol. The minimum atomic E-state index is 0.810. The number of halogens is 1. The highest BCUT2D eigenvalue weighted by Crippen LogP contribution is 2.21. The first-order chi connectivity index (χ1) is 6.75. The van der Waals surface area contributed by atoms with Crippen molar-refractivity contribution in [1.29, 1.82) is 0 Å². The summed E-state index contributed by atoms with van der Waals surface area (Å²) in [6.45, 7) is 4.00. The average Bonchev–Trinajstić information content (AvgIpc) is 2.21. The maximum absolute atomic E-state index is 5.65. The molecule has 0 radical (unpaired) electrons. The van der Waals surface area contributed by atoms with Gasteiger partial charge < -0.3 is 5.73 Å². The molecule has 0 aromatic heterocycles. The number of rotatable bonds is 0. The summed E-state index contributed by atoms with van der Waals surface area (Å²) in [5.74, 6) is 0. The maximum Gasteiger partial charge on any atom is 0.0320 e. The quantitative estimate of drug-likeness (QED) is 0.698. The maximum atomic E-state index is 5.65. The fraction of sp³-hybridized carbons (Fsp3) is 0.167. The molecule has 0 heterocycles. The van der Waals surface area contributed by atoms with Crippen molar-refractivity contribution >= 4 is 32.4 Å². The Morgan fingerprint density at radius 1 is 0.929 bits per heavy atom. The lowest BCUT2D eigenvalue weighted by Gasteiger charge is -1.99. The van der Waals surface area contributed by atoms with Gasteiger partial charge in [0, 0.05) is 10.2 Å². The van der Waals surface area contributed by atoms with E-state index in [0.717, 1.165) is 10.2 Å². The van der Waals surface area contributed by atoms with Crippen molar-refractivity contribution in [2.45, 2.75) is 13.8 Å². The lowest BCUT2D eigenvalue weighted by Crippen LogP contribution is -1.83. The van der Waals surface area contributed by atoms with Gasteiger partial charge in [-0.05, 0) is 35.0 Å². The van der Waals surface area contributed by atoms with E-state index in [9.17, 15) is 0 Å². The highest BCUT2D eigenvalue weighted by atomic mass is 79.9. The fourth-order valence-corrected chi connectivity index (χ4v) is 1.61. The molecule has 0 spiro atoms. The van der Waals surface area contributed by atoms with Crippen LogP contribution in [0.25, 0.3) is 10.8 Å². The van der Waals surface area contributed by atoms with Gasteiger partial charge in [0.1, 0.15) is 0 Å². The van der Waals surface area contributed by atoms with Gasteiger partial charge in [-0.1, -0.05) is 41.9 Å². The van der Waals surface area contributed by atoms with Crippen molar-refractivity contribution in [2.75, 3.05) is 5.73 Å². The zero-order chi connectivity index (χ0) is 10.6. The number of nitrogen functional groups attached to an aromatic ring is 1. The second-order valence-corrected chi connectivity index (χ2v) is 3.67. The molecular formula is C12H14BrN. The highest BCUT2D eigenvalue weighted by molar-refractivity contribution is 9.10. The van der Waals surface area contributed by atoms with Crippen LogP contribution in [0, 0.1) is 0 Å². The first kappa shape index (κ1) is 11.1.